The van der Waals surface area contributed by atoms with Gasteiger partial charge in [-0.1, -0.05) is 0 Å². The Bertz CT molecular complexity index is 880. The van der Waals surface area contributed by atoms with Gasteiger partial charge in [-0.2, -0.15) is 4.68 Å². The largest absolute Gasteiger partial charge is 0.493 e. The standard InChI is InChI=1S/C15H16ClN3O6/c1-4-25-15(22)13-17-9-6-11(24-3)10(23-2)5-8(9)14(21)19(13)18-12(20)7-16/h5-6H,4,7H2,1-3H3,(H,18,20). The van der Waals surface area contributed by atoms with Crippen LogP contribution in [0.15, 0.2) is 16.9 Å². The minimum absolute atomic E-state index is 0.0716. The van der Waals surface area contributed by atoms with E-state index in [4.69, 9.17) is 25.8 Å². The highest BCUT2D eigenvalue weighted by Crippen LogP contribution is 2.30. The van der Waals surface area contributed by atoms with Gasteiger partial charge in [-0.05, 0) is 13.0 Å². The summed E-state index contributed by atoms with van der Waals surface area (Å²) in [6.45, 7) is 1.68. The third kappa shape index (κ3) is 3.66. The van der Waals surface area contributed by atoms with Crippen molar-refractivity contribution in [3.8, 4) is 11.5 Å². The van der Waals surface area contributed by atoms with Gasteiger partial charge in [-0.3, -0.25) is 15.0 Å². The molecule has 10 heteroatoms. The summed E-state index contributed by atoms with van der Waals surface area (Å²) in [5.74, 6) is -1.71. The fourth-order valence-electron chi connectivity index (χ4n) is 2.10. The van der Waals surface area contributed by atoms with Crippen LogP contribution in [0.2, 0.25) is 0 Å². The van der Waals surface area contributed by atoms with Gasteiger partial charge in [0.05, 0.1) is 31.7 Å². The molecule has 1 aromatic heterocycles. The lowest BCUT2D eigenvalue weighted by atomic mass is 10.2. The van der Waals surface area contributed by atoms with Crippen molar-refractivity contribution < 1.29 is 23.8 Å². The van der Waals surface area contributed by atoms with Gasteiger partial charge in [0.25, 0.3) is 11.5 Å². The summed E-state index contributed by atoms with van der Waals surface area (Å²) in [6, 6.07) is 2.85. The summed E-state index contributed by atoms with van der Waals surface area (Å²) >= 11 is 5.45. The van der Waals surface area contributed by atoms with Gasteiger partial charge in [0, 0.05) is 6.07 Å². The van der Waals surface area contributed by atoms with Crippen LogP contribution in [-0.2, 0) is 9.53 Å². The predicted octanol–water partition coefficient (Wildman–Crippen LogP) is 0.899. The van der Waals surface area contributed by atoms with Crippen molar-refractivity contribution in [3.05, 3.63) is 28.3 Å². The molecule has 0 saturated heterocycles. The first-order valence-electron chi connectivity index (χ1n) is 7.18. The molecule has 0 aliphatic carbocycles. The smallest absolute Gasteiger partial charge is 0.376 e. The molecule has 1 heterocycles. The van der Waals surface area contributed by atoms with E-state index in [9.17, 15) is 14.4 Å². The maximum Gasteiger partial charge on any atom is 0.376 e. The highest BCUT2D eigenvalue weighted by molar-refractivity contribution is 6.28. The average molecular weight is 370 g/mol. The van der Waals surface area contributed by atoms with E-state index in [0.29, 0.717) is 16.2 Å². The van der Waals surface area contributed by atoms with E-state index in [-0.39, 0.29) is 23.3 Å². The first-order valence-corrected chi connectivity index (χ1v) is 7.72. The molecule has 0 fully saturated rings. The fraction of sp³-hybridized carbons (Fsp3) is 0.333. The number of carbonyl (C=O) groups excluding carboxylic acids is 2. The van der Waals surface area contributed by atoms with Gasteiger partial charge in [0.15, 0.2) is 11.5 Å². The van der Waals surface area contributed by atoms with Crippen molar-refractivity contribution in [1.82, 2.24) is 9.66 Å². The molecule has 0 unspecified atom stereocenters. The molecule has 1 amide bonds. The number of hydrogen-bond acceptors (Lipinski definition) is 7. The number of hydrogen-bond donors (Lipinski definition) is 1. The van der Waals surface area contributed by atoms with E-state index >= 15 is 0 Å². The second-order valence-electron chi connectivity index (χ2n) is 4.69. The summed E-state index contributed by atoms with van der Waals surface area (Å²) in [6.07, 6.45) is 0. The molecule has 0 aliphatic heterocycles. The first kappa shape index (κ1) is 18.5. The van der Waals surface area contributed by atoms with Crippen molar-refractivity contribution in [3.63, 3.8) is 0 Å². The summed E-state index contributed by atoms with van der Waals surface area (Å²) in [7, 11) is 2.84. The number of rotatable bonds is 6. The molecule has 1 N–H and O–H groups in total. The molecule has 25 heavy (non-hydrogen) atoms. The molecule has 2 rings (SSSR count). The summed E-state index contributed by atoms with van der Waals surface area (Å²) in [5.41, 5.74) is 1.72. The highest BCUT2D eigenvalue weighted by Gasteiger charge is 2.21. The van der Waals surface area contributed by atoms with Gasteiger partial charge in [-0.25, -0.2) is 9.78 Å². The monoisotopic (exact) mass is 369 g/mol. The number of nitrogens with zero attached hydrogens (tertiary/aromatic N) is 2. The number of benzene rings is 1. The van der Waals surface area contributed by atoms with E-state index in [2.05, 4.69) is 10.4 Å². The summed E-state index contributed by atoms with van der Waals surface area (Å²) in [4.78, 5) is 40.6. The Morgan fingerprint density at radius 2 is 1.88 bits per heavy atom. The van der Waals surface area contributed by atoms with Gasteiger partial charge in [-0.15, -0.1) is 11.6 Å². The predicted molar refractivity (Wildman–Crippen MR) is 90.2 cm³/mol. The maximum atomic E-state index is 12.7. The Labute approximate surface area is 147 Å². The van der Waals surface area contributed by atoms with Crippen molar-refractivity contribution in [2.24, 2.45) is 0 Å². The lowest BCUT2D eigenvalue weighted by molar-refractivity contribution is -0.114. The van der Waals surface area contributed by atoms with E-state index < -0.39 is 23.3 Å². The molecule has 134 valence electrons. The van der Waals surface area contributed by atoms with Crippen molar-refractivity contribution in [1.29, 1.82) is 0 Å². The zero-order chi connectivity index (χ0) is 18.6. The van der Waals surface area contributed by atoms with Crippen molar-refractivity contribution >= 4 is 34.4 Å². The Balaban J connectivity index is 2.78. The summed E-state index contributed by atoms with van der Waals surface area (Å²) in [5, 5.41) is 0.112. The number of nitrogens with one attached hydrogen (secondary N) is 1. The molecule has 0 atom stereocenters. The third-order valence-electron chi connectivity index (χ3n) is 3.19. The Kier molecular flexibility index (Phi) is 5.81. The molecule has 2 aromatic rings. The number of halogens is 1. The molecule has 0 radical (unpaired) electrons. The van der Waals surface area contributed by atoms with Crippen LogP contribution in [0.4, 0.5) is 0 Å². The minimum Gasteiger partial charge on any atom is -0.493 e. The zero-order valence-electron chi connectivity index (χ0n) is 13.8. The van der Waals surface area contributed by atoms with Crippen LogP contribution in [0.5, 0.6) is 11.5 Å². The van der Waals surface area contributed by atoms with Crippen LogP contribution in [-0.4, -0.2) is 48.2 Å². The minimum atomic E-state index is -0.869. The molecule has 9 nitrogen and oxygen atoms in total. The summed E-state index contributed by atoms with van der Waals surface area (Å²) < 4.78 is 15.9. The van der Waals surface area contributed by atoms with Crippen LogP contribution in [0.1, 0.15) is 17.5 Å². The number of fused-ring (bicyclic) bond motifs is 1. The molecular weight excluding hydrogens is 354 g/mol. The Morgan fingerprint density at radius 3 is 2.44 bits per heavy atom. The molecular formula is C15H16ClN3O6. The van der Waals surface area contributed by atoms with Crippen LogP contribution in [0.3, 0.4) is 0 Å². The fourth-order valence-corrected chi connectivity index (χ4v) is 2.16. The normalized spacial score (nSPS) is 10.4. The Hall–Kier alpha value is -2.81. The number of methoxy groups -OCH3 is 2. The highest BCUT2D eigenvalue weighted by atomic mass is 35.5. The zero-order valence-corrected chi connectivity index (χ0v) is 14.5. The van der Waals surface area contributed by atoms with Gasteiger partial charge in [0.2, 0.25) is 5.82 Å². The Morgan fingerprint density at radius 1 is 1.24 bits per heavy atom. The van der Waals surface area contributed by atoms with Crippen LogP contribution in [0, 0.1) is 0 Å². The second kappa shape index (κ2) is 7.84. The number of esters is 1. The molecule has 0 aliphatic rings. The quantitative estimate of drug-likeness (QED) is 0.595. The number of amides is 1. The average Bonchev–Trinajstić information content (AvgIpc) is 2.62. The maximum absolute atomic E-state index is 12.7. The number of aromatic nitrogens is 2. The van der Waals surface area contributed by atoms with Gasteiger partial charge in [0.1, 0.15) is 5.88 Å². The number of alkyl halides is 1. The van der Waals surface area contributed by atoms with Gasteiger partial charge < -0.3 is 14.2 Å². The van der Waals surface area contributed by atoms with Crippen molar-refractivity contribution in [2.45, 2.75) is 6.92 Å². The molecule has 1 aromatic carbocycles. The molecule has 0 spiro atoms. The molecule has 0 saturated carbocycles. The second-order valence-corrected chi connectivity index (χ2v) is 4.96. The number of ether oxygens (including phenoxy) is 3. The van der Waals surface area contributed by atoms with Crippen LogP contribution >= 0.6 is 11.6 Å². The van der Waals surface area contributed by atoms with E-state index in [0.717, 1.165) is 0 Å². The van der Waals surface area contributed by atoms with Crippen LogP contribution in [0.25, 0.3) is 10.9 Å². The van der Waals surface area contributed by atoms with E-state index in [1.165, 1.54) is 26.4 Å². The topological polar surface area (TPSA) is 109 Å². The lowest BCUT2D eigenvalue weighted by Crippen LogP contribution is -2.38. The van der Waals surface area contributed by atoms with Crippen molar-refractivity contribution in [2.75, 3.05) is 32.1 Å². The molecule has 0 bridgehead atoms. The van der Waals surface area contributed by atoms with E-state index in [1.54, 1.807) is 6.92 Å². The lowest BCUT2D eigenvalue weighted by Gasteiger charge is -2.14. The van der Waals surface area contributed by atoms with Crippen LogP contribution < -0.4 is 20.5 Å². The van der Waals surface area contributed by atoms with Gasteiger partial charge >= 0.3 is 5.97 Å². The SMILES string of the molecule is CCOC(=O)c1nc2cc(OC)c(OC)cc2c(=O)n1NC(=O)CCl. The number of carbonyl (C=O) groups is 2. The third-order valence-corrected chi connectivity index (χ3v) is 3.43. The van der Waals surface area contributed by atoms with E-state index in [1.807, 2.05) is 0 Å². The first-order chi connectivity index (χ1) is 12.0.